The van der Waals surface area contributed by atoms with E-state index in [4.69, 9.17) is 14.6 Å². The van der Waals surface area contributed by atoms with Gasteiger partial charge in [0.15, 0.2) is 6.29 Å². The molecule has 0 saturated carbocycles. The molecule has 12 heteroatoms. The molecule has 0 unspecified atom stereocenters. The second kappa shape index (κ2) is 14.6. The van der Waals surface area contributed by atoms with Crippen molar-refractivity contribution in [2.45, 2.75) is 44.9 Å². The second-order valence-electron chi connectivity index (χ2n) is 11.4. The maximum Gasteiger partial charge on any atom is 0.303 e. The first-order valence-electron chi connectivity index (χ1n) is 15.0. The summed E-state index contributed by atoms with van der Waals surface area (Å²) in [6.45, 7) is 5.95. The number of piperazine rings is 1. The zero-order chi connectivity index (χ0) is 31.9. The molecule has 2 aliphatic heterocycles. The number of nitrogens with zero attached hydrogens (tertiary/aromatic N) is 3. The van der Waals surface area contributed by atoms with E-state index in [1.54, 1.807) is 24.3 Å². The van der Waals surface area contributed by atoms with Crippen molar-refractivity contribution in [1.29, 1.82) is 0 Å². The molecule has 45 heavy (non-hydrogen) atoms. The largest absolute Gasteiger partial charge is 0.481 e. The minimum atomic E-state index is -1.03. The highest BCUT2D eigenvalue weighted by Gasteiger charge is 2.39. The number of aliphatic hydroxyl groups is 1. The summed E-state index contributed by atoms with van der Waals surface area (Å²) >= 11 is 0. The van der Waals surface area contributed by atoms with Gasteiger partial charge in [-0.25, -0.2) is 0 Å². The average Bonchev–Trinajstić information content (AvgIpc) is 3.05. The van der Waals surface area contributed by atoms with Gasteiger partial charge in [0, 0.05) is 74.1 Å². The van der Waals surface area contributed by atoms with Gasteiger partial charge in [0.05, 0.1) is 30.2 Å². The summed E-state index contributed by atoms with van der Waals surface area (Å²) in [6, 6.07) is 21.6. The number of non-ortho nitro benzene ring substituents is 1. The Morgan fingerprint density at radius 1 is 0.911 bits per heavy atom. The fraction of sp³-hybridized carbons (Fsp3) is 0.394. The number of carbonyl (C=O) groups excluding carboxylic acids is 1. The number of hydrogen-bond donors (Lipinski definition) is 3. The molecule has 5 rings (SSSR count). The summed E-state index contributed by atoms with van der Waals surface area (Å²) in [7, 11) is 0. The van der Waals surface area contributed by atoms with Crippen molar-refractivity contribution in [1.82, 2.24) is 4.90 Å². The standard InChI is InChI=1S/C33H38N4O8/c1-22-29(20-35-16-18-36(19-17-35)27-10-12-28(13-11-27)37(42)43)44-33(45-32(22)24-4-2-23(21-38)3-5-24)25-6-8-26(9-7-25)34-30(39)14-15-31(40)41/h2-13,22,29,32-33,38H,14-21H2,1H3,(H,34,39)(H,40,41)/t22-,29+,32+,33+/m1/s1. The fourth-order valence-electron chi connectivity index (χ4n) is 5.72. The zero-order valence-corrected chi connectivity index (χ0v) is 25.1. The van der Waals surface area contributed by atoms with Crippen molar-refractivity contribution in [3.63, 3.8) is 0 Å². The molecule has 4 atom stereocenters. The van der Waals surface area contributed by atoms with Crippen LogP contribution >= 0.6 is 0 Å². The third-order valence-corrected chi connectivity index (χ3v) is 8.39. The minimum absolute atomic E-state index is 0.0155. The topological polar surface area (TPSA) is 155 Å². The van der Waals surface area contributed by atoms with E-state index in [1.165, 1.54) is 12.1 Å². The van der Waals surface area contributed by atoms with Crippen molar-refractivity contribution in [3.05, 3.63) is 99.6 Å². The lowest BCUT2D eigenvalue weighted by molar-refractivity contribution is -0.384. The van der Waals surface area contributed by atoms with Crippen LogP contribution in [0.25, 0.3) is 0 Å². The molecule has 3 aromatic carbocycles. The van der Waals surface area contributed by atoms with Crippen LogP contribution in [0.15, 0.2) is 72.8 Å². The molecule has 238 valence electrons. The summed E-state index contributed by atoms with van der Waals surface area (Å²) in [6.07, 6.45) is -1.43. The van der Waals surface area contributed by atoms with Gasteiger partial charge in [-0.05, 0) is 35.4 Å². The monoisotopic (exact) mass is 618 g/mol. The van der Waals surface area contributed by atoms with Crippen molar-refractivity contribution in [3.8, 4) is 0 Å². The third kappa shape index (κ3) is 8.22. The van der Waals surface area contributed by atoms with Gasteiger partial charge in [-0.1, -0.05) is 43.3 Å². The van der Waals surface area contributed by atoms with E-state index in [0.717, 1.165) is 48.6 Å². The number of nitrogens with one attached hydrogen (secondary N) is 1. The van der Waals surface area contributed by atoms with Crippen LogP contribution in [0.5, 0.6) is 0 Å². The number of aliphatic hydroxyl groups excluding tert-OH is 1. The Hall–Kier alpha value is -4.36. The van der Waals surface area contributed by atoms with Crippen LogP contribution in [0.3, 0.4) is 0 Å². The highest BCUT2D eigenvalue weighted by molar-refractivity contribution is 5.92. The van der Waals surface area contributed by atoms with Gasteiger partial charge in [-0.15, -0.1) is 0 Å². The van der Waals surface area contributed by atoms with Crippen LogP contribution in [0, 0.1) is 16.0 Å². The Morgan fingerprint density at radius 2 is 1.56 bits per heavy atom. The molecule has 2 fully saturated rings. The molecule has 3 N–H and O–H groups in total. The SMILES string of the molecule is C[C@@H]1[C@H](CN2CCN(c3ccc([N+](=O)[O-])cc3)CC2)O[C@H](c2ccc(NC(=O)CCC(=O)O)cc2)O[C@@H]1c1ccc(CO)cc1. The van der Waals surface area contributed by atoms with Crippen LogP contribution in [-0.4, -0.2) is 70.7 Å². The number of carbonyl (C=O) groups is 2. The molecule has 2 heterocycles. The number of carboxylic acids is 1. The summed E-state index contributed by atoms with van der Waals surface area (Å²) < 4.78 is 13.1. The lowest BCUT2D eigenvalue weighted by Crippen LogP contribution is -2.51. The Labute approximate surface area is 261 Å². The number of benzene rings is 3. The van der Waals surface area contributed by atoms with Crippen molar-refractivity contribution < 1.29 is 34.2 Å². The predicted molar refractivity (Wildman–Crippen MR) is 167 cm³/mol. The molecule has 0 radical (unpaired) electrons. The molecule has 2 saturated heterocycles. The molecule has 0 aromatic heterocycles. The zero-order valence-electron chi connectivity index (χ0n) is 25.1. The number of ether oxygens (including phenoxy) is 2. The number of aliphatic carboxylic acids is 1. The fourth-order valence-corrected chi connectivity index (χ4v) is 5.72. The third-order valence-electron chi connectivity index (χ3n) is 8.39. The van der Waals surface area contributed by atoms with Gasteiger partial charge in [0.2, 0.25) is 5.91 Å². The lowest BCUT2D eigenvalue weighted by atomic mass is 9.90. The van der Waals surface area contributed by atoms with E-state index in [0.29, 0.717) is 12.2 Å². The van der Waals surface area contributed by atoms with E-state index in [1.807, 2.05) is 36.4 Å². The first-order valence-corrected chi connectivity index (χ1v) is 15.0. The maximum absolute atomic E-state index is 12.1. The molecular weight excluding hydrogens is 580 g/mol. The van der Waals surface area contributed by atoms with Gasteiger partial charge in [0.25, 0.3) is 5.69 Å². The maximum atomic E-state index is 12.1. The van der Waals surface area contributed by atoms with E-state index in [9.17, 15) is 24.8 Å². The highest BCUT2D eigenvalue weighted by Crippen LogP contribution is 2.42. The first kappa shape index (κ1) is 32.0. The number of nitro groups is 1. The smallest absolute Gasteiger partial charge is 0.303 e. The molecule has 0 spiro atoms. The Morgan fingerprint density at radius 3 is 2.16 bits per heavy atom. The number of nitro benzene ring substituents is 1. The summed E-state index contributed by atoms with van der Waals surface area (Å²) in [4.78, 5) is 38.1. The molecule has 0 bridgehead atoms. The molecule has 12 nitrogen and oxygen atoms in total. The number of anilines is 2. The van der Waals surface area contributed by atoms with Crippen LogP contribution in [0.1, 0.15) is 48.8 Å². The van der Waals surface area contributed by atoms with Crippen LogP contribution in [0.2, 0.25) is 0 Å². The van der Waals surface area contributed by atoms with Gasteiger partial charge in [0.1, 0.15) is 0 Å². The molecule has 2 aliphatic rings. The molecule has 3 aromatic rings. The average molecular weight is 619 g/mol. The van der Waals surface area contributed by atoms with Crippen molar-refractivity contribution in [2.75, 3.05) is 42.9 Å². The Balaban J connectivity index is 1.27. The number of carboxylic acid groups (broad SMARTS) is 1. The summed E-state index contributed by atoms with van der Waals surface area (Å²) in [5.74, 6) is -1.38. The van der Waals surface area contributed by atoms with Gasteiger partial charge in [-0.3, -0.25) is 24.6 Å². The lowest BCUT2D eigenvalue weighted by Gasteiger charge is -2.44. The summed E-state index contributed by atoms with van der Waals surface area (Å²) in [5, 5.41) is 32.1. The van der Waals surface area contributed by atoms with E-state index in [2.05, 4.69) is 22.0 Å². The second-order valence-corrected chi connectivity index (χ2v) is 11.4. The number of rotatable bonds is 11. The van der Waals surface area contributed by atoms with E-state index in [-0.39, 0.29) is 49.2 Å². The molecule has 0 aliphatic carbocycles. The summed E-state index contributed by atoms with van der Waals surface area (Å²) in [5.41, 5.74) is 4.19. The van der Waals surface area contributed by atoms with Crippen LogP contribution < -0.4 is 10.2 Å². The Kier molecular flexibility index (Phi) is 10.4. The molecular formula is C33H38N4O8. The minimum Gasteiger partial charge on any atom is -0.481 e. The van der Waals surface area contributed by atoms with Gasteiger partial charge >= 0.3 is 5.97 Å². The number of hydrogen-bond acceptors (Lipinski definition) is 9. The van der Waals surface area contributed by atoms with Crippen LogP contribution in [-0.2, 0) is 25.7 Å². The normalized spacial score (nSPS) is 22.1. The van der Waals surface area contributed by atoms with Crippen LogP contribution in [0.4, 0.5) is 17.1 Å². The molecule has 1 amide bonds. The highest BCUT2D eigenvalue weighted by atomic mass is 16.7. The van der Waals surface area contributed by atoms with Crippen molar-refractivity contribution >= 4 is 28.9 Å². The van der Waals surface area contributed by atoms with Crippen molar-refractivity contribution in [2.24, 2.45) is 5.92 Å². The predicted octanol–water partition coefficient (Wildman–Crippen LogP) is 4.50. The quantitative estimate of drug-likeness (QED) is 0.207. The van der Waals surface area contributed by atoms with E-state index >= 15 is 0 Å². The van der Waals surface area contributed by atoms with Gasteiger partial charge < -0.3 is 29.9 Å². The van der Waals surface area contributed by atoms with E-state index < -0.39 is 17.2 Å². The Bertz CT molecular complexity index is 1460. The van der Waals surface area contributed by atoms with Gasteiger partial charge in [-0.2, -0.15) is 0 Å². The first-order chi connectivity index (χ1) is 21.7. The number of amides is 1.